The minimum absolute atomic E-state index is 0.0933. The first kappa shape index (κ1) is 39.5. The molecule has 2 saturated heterocycles. The van der Waals surface area contributed by atoms with Gasteiger partial charge in [-0.05, 0) is 65.6 Å². The summed E-state index contributed by atoms with van der Waals surface area (Å²) in [4.78, 5) is 28.7. The minimum Gasteiger partial charge on any atom is -0.497 e. The van der Waals surface area contributed by atoms with Crippen molar-refractivity contribution in [1.29, 1.82) is 0 Å². The summed E-state index contributed by atoms with van der Waals surface area (Å²) in [5, 5.41) is 3.10. The first-order chi connectivity index (χ1) is 28.5. The highest BCUT2D eigenvalue weighted by atomic mass is 35.5. The molecule has 0 aliphatic carbocycles. The number of β-lactam (4-membered cyclic amide) rings is 1. The van der Waals surface area contributed by atoms with Gasteiger partial charge in [0.2, 0.25) is 5.91 Å². The van der Waals surface area contributed by atoms with Gasteiger partial charge in [-0.3, -0.25) is 4.79 Å². The molecule has 2 aliphatic heterocycles. The number of ether oxygens (including phenoxy) is 5. The van der Waals surface area contributed by atoms with Gasteiger partial charge in [0, 0.05) is 11.6 Å². The van der Waals surface area contributed by atoms with Crippen molar-refractivity contribution in [2.45, 2.75) is 48.8 Å². The molecule has 3 atom stereocenters. The van der Waals surface area contributed by atoms with Crippen LogP contribution in [0.4, 0.5) is 0 Å². The fraction of sp³-hybridized carbons (Fsp3) is 0.222. The van der Waals surface area contributed by atoms with Gasteiger partial charge >= 0.3 is 5.97 Å². The summed E-state index contributed by atoms with van der Waals surface area (Å²) >= 11 is 7.10. The number of sulfone groups is 1. The Morgan fingerprint density at radius 2 is 1.39 bits per heavy atom. The molecular formula is C45H39ClN2O10S. The van der Waals surface area contributed by atoms with E-state index in [1.807, 2.05) is 109 Å². The summed E-state index contributed by atoms with van der Waals surface area (Å²) in [5.41, 5.74) is 3.25. The van der Waals surface area contributed by atoms with Crippen LogP contribution < -0.4 is 18.9 Å². The van der Waals surface area contributed by atoms with E-state index in [0.29, 0.717) is 33.9 Å². The van der Waals surface area contributed by atoms with Crippen LogP contribution in [0.3, 0.4) is 0 Å². The number of hydrogen-bond donors (Lipinski definition) is 0. The Hall–Kier alpha value is -6.31. The summed E-state index contributed by atoms with van der Waals surface area (Å²) in [6.07, 6.45) is -1.16. The van der Waals surface area contributed by atoms with Gasteiger partial charge in [0.05, 0.1) is 25.7 Å². The van der Waals surface area contributed by atoms with Crippen molar-refractivity contribution in [3.05, 3.63) is 160 Å². The van der Waals surface area contributed by atoms with Crippen molar-refractivity contribution in [2.24, 2.45) is 0 Å². The molecule has 2 aliphatic rings. The predicted octanol–water partition coefficient (Wildman–Crippen LogP) is 8.07. The van der Waals surface area contributed by atoms with E-state index in [0.717, 1.165) is 16.0 Å². The molecule has 5 aromatic carbocycles. The number of hydrogen-bond acceptors (Lipinski definition) is 11. The van der Waals surface area contributed by atoms with Gasteiger partial charge in [0.15, 0.2) is 39.2 Å². The Balaban J connectivity index is 1.14. The van der Waals surface area contributed by atoms with E-state index in [1.165, 1.54) is 13.0 Å². The molecule has 1 aromatic heterocycles. The predicted molar refractivity (Wildman–Crippen MR) is 218 cm³/mol. The molecule has 0 unspecified atom stereocenters. The summed E-state index contributed by atoms with van der Waals surface area (Å²) < 4.78 is 61.8. The van der Waals surface area contributed by atoms with E-state index < -0.39 is 44.0 Å². The van der Waals surface area contributed by atoms with Gasteiger partial charge in [-0.2, -0.15) is 0 Å². The number of benzene rings is 5. The van der Waals surface area contributed by atoms with E-state index >= 15 is 0 Å². The van der Waals surface area contributed by atoms with Crippen LogP contribution in [0, 0.1) is 0 Å². The van der Waals surface area contributed by atoms with Crippen LogP contribution >= 0.6 is 11.6 Å². The second kappa shape index (κ2) is 16.1. The van der Waals surface area contributed by atoms with Crippen molar-refractivity contribution in [2.75, 3.05) is 14.2 Å². The number of carbonyl (C=O) groups is 2. The number of rotatable bonds is 14. The van der Waals surface area contributed by atoms with Crippen LogP contribution in [0.15, 0.2) is 132 Å². The van der Waals surface area contributed by atoms with Crippen LogP contribution in [0.5, 0.6) is 23.0 Å². The molecule has 0 bridgehead atoms. The molecule has 12 nitrogen and oxygen atoms in total. The summed E-state index contributed by atoms with van der Waals surface area (Å²) in [7, 11) is -1.08. The fourth-order valence-electron chi connectivity index (χ4n) is 7.44. The molecular weight excluding hydrogens is 796 g/mol. The van der Waals surface area contributed by atoms with E-state index in [4.69, 9.17) is 39.8 Å². The molecule has 302 valence electrons. The second-order valence-corrected chi connectivity index (χ2v) is 17.1. The van der Waals surface area contributed by atoms with E-state index in [9.17, 15) is 18.0 Å². The van der Waals surface area contributed by atoms with E-state index in [-0.39, 0.29) is 41.9 Å². The number of fused-ring (bicyclic) bond motifs is 1. The maximum atomic E-state index is 14.4. The number of aromatic nitrogens is 1. The van der Waals surface area contributed by atoms with Crippen molar-refractivity contribution in [3.8, 4) is 34.3 Å². The second-order valence-electron chi connectivity index (χ2n) is 14.3. The third-order valence-corrected chi connectivity index (χ3v) is 13.9. The monoisotopic (exact) mass is 834 g/mol. The van der Waals surface area contributed by atoms with Crippen LogP contribution in [-0.2, 0) is 42.1 Å². The van der Waals surface area contributed by atoms with Gasteiger partial charge in [-0.1, -0.05) is 102 Å². The highest BCUT2D eigenvalue weighted by Crippen LogP contribution is 2.53. The quantitative estimate of drug-likeness (QED) is 0.0776. The molecule has 0 radical (unpaired) electrons. The zero-order valence-electron chi connectivity index (χ0n) is 32.2. The zero-order valence-corrected chi connectivity index (χ0v) is 33.8. The standard InChI is InChI=1S/C45H39ClN2O10S/c1-45(43(48-38(49)25-39(48)59(45,51)52)44(50)57-41(30-10-6-4-7-11-30)31-12-8-5-9-13-31)37-24-36(58-47-37)34-22-23-35(55-26-28-14-18-32(53-2)19-15-28)42(40(34)46)56-27-29-16-20-33(54-3)21-17-29/h4-24,39,41,43H,25-27H2,1-3H3/t39-,43+,45+/m1/s1. The number of amides is 1. The SMILES string of the molecule is COc1ccc(COc2ccc(-c3cc([C@@]4(C)[C@H](C(=O)OC(c5ccccc5)c5ccccc5)N5C(=O)C[C@H]5S4(=O)=O)no3)c(Cl)c2OCc2ccc(OC)cc2)cc1. The molecule has 1 amide bonds. The van der Waals surface area contributed by atoms with Crippen LogP contribution in [0.1, 0.15) is 47.4 Å². The van der Waals surface area contributed by atoms with Crippen molar-refractivity contribution < 1.29 is 46.2 Å². The van der Waals surface area contributed by atoms with Crippen LogP contribution in [-0.4, -0.2) is 56.0 Å². The lowest BCUT2D eigenvalue weighted by Gasteiger charge is -2.37. The van der Waals surface area contributed by atoms with Gasteiger partial charge in [-0.15, -0.1) is 0 Å². The van der Waals surface area contributed by atoms with Crippen molar-refractivity contribution in [3.63, 3.8) is 0 Å². The molecule has 0 saturated carbocycles. The zero-order chi connectivity index (χ0) is 41.3. The molecule has 8 rings (SSSR count). The maximum Gasteiger partial charge on any atom is 0.331 e. The summed E-state index contributed by atoms with van der Waals surface area (Å²) in [5.74, 6) is 0.638. The lowest BCUT2D eigenvalue weighted by molar-refractivity contribution is -0.164. The highest BCUT2D eigenvalue weighted by molar-refractivity contribution is 7.93. The first-order valence-electron chi connectivity index (χ1n) is 18.7. The van der Waals surface area contributed by atoms with Gasteiger partial charge in [-0.25, -0.2) is 13.2 Å². The topological polar surface area (TPSA) is 144 Å². The Morgan fingerprint density at radius 1 is 0.831 bits per heavy atom. The van der Waals surface area contributed by atoms with Crippen LogP contribution in [0.2, 0.25) is 5.02 Å². The number of halogens is 1. The van der Waals surface area contributed by atoms with Crippen molar-refractivity contribution >= 4 is 33.3 Å². The molecule has 59 heavy (non-hydrogen) atoms. The smallest absolute Gasteiger partial charge is 0.331 e. The summed E-state index contributed by atoms with van der Waals surface area (Å²) in [6.45, 7) is 1.68. The lowest BCUT2D eigenvalue weighted by Crippen LogP contribution is -2.57. The number of methoxy groups -OCH3 is 2. The lowest BCUT2D eigenvalue weighted by atomic mass is 9.92. The molecule has 6 aromatic rings. The Morgan fingerprint density at radius 3 is 1.93 bits per heavy atom. The maximum absolute atomic E-state index is 14.4. The van der Waals surface area contributed by atoms with Gasteiger partial charge < -0.3 is 33.1 Å². The Kier molecular flexibility index (Phi) is 10.8. The molecule has 0 N–H and O–H groups in total. The van der Waals surface area contributed by atoms with E-state index in [1.54, 1.807) is 26.4 Å². The third kappa shape index (κ3) is 7.25. The Bertz CT molecular complexity index is 2550. The third-order valence-electron chi connectivity index (χ3n) is 10.8. The fourth-order valence-corrected chi connectivity index (χ4v) is 10.1. The average Bonchev–Trinajstić information content (AvgIpc) is 3.81. The molecule has 2 fully saturated rings. The first-order valence-corrected chi connectivity index (χ1v) is 20.6. The van der Waals surface area contributed by atoms with Crippen LogP contribution in [0.25, 0.3) is 11.3 Å². The highest BCUT2D eigenvalue weighted by Gasteiger charge is 2.72. The summed E-state index contributed by atoms with van der Waals surface area (Å²) in [6, 6.07) is 36.1. The van der Waals surface area contributed by atoms with Gasteiger partial charge in [0.1, 0.15) is 40.5 Å². The largest absolute Gasteiger partial charge is 0.497 e. The van der Waals surface area contributed by atoms with Gasteiger partial charge in [0.25, 0.3) is 0 Å². The average molecular weight is 835 g/mol. The molecule has 0 spiro atoms. The minimum atomic E-state index is -4.26. The van der Waals surface area contributed by atoms with Crippen molar-refractivity contribution in [1.82, 2.24) is 10.1 Å². The number of esters is 1. The number of carbonyl (C=O) groups excluding carboxylic acids is 2. The number of nitrogens with zero attached hydrogens (tertiary/aromatic N) is 2. The Labute approximate surface area is 346 Å². The normalized spacial score (nSPS) is 19.1. The van der Waals surface area contributed by atoms with E-state index in [2.05, 4.69) is 5.16 Å². The molecule has 14 heteroatoms. The molecule has 3 heterocycles.